The van der Waals surface area contributed by atoms with E-state index in [0.29, 0.717) is 0 Å². The van der Waals surface area contributed by atoms with Crippen molar-refractivity contribution in [2.45, 2.75) is 6.43 Å². The molecule has 0 aromatic carbocycles. The van der Waals surface area contributed by atoms with Gasteiger partial charge < -0.3 is 15.6 Å². The van der Waals surface area contributed by atoms with Crippen LogP contribution in [0, 0.1) is 0 Å². The van der Waals surface area contributed by atoms with E-state index in [9.17, 15) is 13.6 Å². The molecule has 0 amide bonds. The second kappa shape index (κ2) is 4.07. The molecule has 7 heteroatoms. The molecule has 0 fully saturated rings. The van der Waals surface area contributed by atoms with E-state index in [1.165, 1.54) is 0 Å². The van der Waals surface area contributed by atoms with Gasteiger partial charge in [0, 0.05) is 6.20 Å². The Bertz CT molecular complexity index is 396. The Labute approximate surface area is 83.5 Å². The van der Waals surface area contributed by atoms with Crippen LogP contribution in [0.25, 0.3) is 0 Å². The second-order valence-electron chi connectivity index (χ2n) is 2.61. The number of ether oxygens (including phenoxy) is 1. The number of carboxylic acid groups (broad SMARTS) is 1. The zero-order valence-electron chi connectivity index (χ0n) is 7.70. The summed E-state index contributed by atoms with van der Waals surface area (Å²) < 4.78 is 29.5. The molecular weight excluding hydrogens is 210 g/mol. The van der Waals surface area contributed by atoms with E-state index in [4.69, 9.17) is 10.8 Å². The van der Waals surface area contributed by atoms with Gasteiger partial charge in [0.15, 0.2) is 11.6 Å². The number of anilines is 1. The molecule has 0 spiro atoms. The number of rotatable bonds is 3. The van der Waals surface area contributed by atoms with E-state index in [1.54, 1.807) is 0 Å². The average Bonchev–Trinajstić information content (AvgIpc) is 2.16. The first-order valence-corrected chi connectivity index (χ1v) is 3.82. The molecular formula is C8H8F2N2O3. The number of alkyl halides is 2. The van der Waals surface area contributed by atoms with Gasteiger partial charge in [0.2, 0.25) is 0 Å². The maximum absolute atomic E-state index is 12.4. The highest BCUT2D eigenvalue weighted by atomic mass is 19.3. The maximum atomic E-state index is 12.4. The van der Waals surface area contributed by atoms with Crippen LogP contribution in [0.5, 0.6) is 5.75 Å². The molecule has 0 saturated heterocycles. The number of hydrogen-bond donors (Lipinski definition) is 2. The molecule has 0 radical (unpaired) electrons. The van der Waals surface area contributed by atoms with Gasteiger partial charge in [0.25, 0.3) is 6.43 Å². The molecule has 0 atom stereocenters. The summed E-state index contributed by atoms with van der Waals surface area (Å²) in [5.74, 6) is -2.11. The summed E-state index contributed by atoms with van der Waals surface area (Å²) >= 11 is 0. The van der Waals surface area contributed by atoms with Crippen LogP contribution in [0.3, 0.4) is 0 Å². The van der Waals surface area contributed by atoms with Crippen molar-refractivity contribution < 1.29 is 23.4 Å². The van der Waals surface area contributed by atoms with E-state index in [2.05, 4.69) is 9.72 Å². The molecule has 1 aromatic rings. The molecule has 0 unspecified atom stereocenters. The fourth-order valence-corrected chi connectivity index (χ4v) is 1.11. The molecule has 1 aromatic heterocycles. The predicted molar refractivity (Wildman–Crippen MR) is 47.1 cm³/mol. The largest absolute Gasteiger partial charge is 0.492 e. The van der Waals surface area contributed by atoms with Crippen molar-refractivity contribution in [3.8, 4) is 5.75 Å². The summed E-state index contributed by atoms with van der Waals surface area (Å²) in [6.07, 6.45) is -2.22. The van der Waals surface area contributed by atoms with E-state index in [0.717, 1.165) is 13.3 Å². The van der Waals surface area contributed by atoms with Gasteiger partial charge in [-0.3, -0.25) is 0 Å². The van der Waals surface area contributed by atoms with Crippen molar-refractivity contribution in [2.24, 2.45) is 0 Å². The molecule has 0 aliphatic carbocycles. The van der Waals surface area contributed by atoms with Crippen LogP contribution in [0.15, 0.2) is 6.20 Å². The number of aromatic carboxylic acids is 1. The summed E-state index contributed by atoms with van der Waals surface area (Å²) in [5.41, 5.74) is 3.93. The summed E-state index contributed by atoms with van der Waals surface area (Å²) in [7, 11) is 1.13. The van der Waals surface area contributed by atoms with E-state index < -0.39 is 23.5 Å². The minimum atomic E-state index is -2.95. The Balaban J connectivity index is 3.49. The van der Waals surface area contributed by atoms with Gasteiger partial charge in [-0.2, -0.15) is 0 Å². The van der Waals surface area contributed by atoms with Crippen LogP contribution >= 0.6 is 0 Å². The zero-order chi connectivity index (χ0) is 11.6. The van der Waals surface area contributed by atoms with Crippen LogP contribution in [-0.2, 0) is 0 Å². The van der Waals surface area contributed by atoms with Crippen molar-refractivity contribution in [3.05, 3.63) is 17.3 Å². The normalized spacial score (nSPS) is 10.4. The van der Waals surface area contributed by atoms with Gasteiger partial charge in [0.1, 0.15) is 5.56 Å². The quantitative estimate of drug-likeness (QED) is 0.798. The van der Waals surface area contributed by atoms with E-state index >= 15 is 0 Å². The summed E-state index contributed by atoms with van der Waals surface area (Å²) in [6.45, 7) is 0. The second-order valence-corrected chi connectivity index (χ2v) is 2.61. The van der Waals surface area contributed by atoms with Crippen molar-refractivity contribution in [1.82, 2.24) is 4.98 Å². The molecule has 1 rings (SSSR count). The summed E-state index contributed by atoms with van der Waals surface area (Å²) in [6, 6.07) is 0. The molecule has 0 saturated carbocycles. The third-order valence-electron chi connectivity index (χ3n) is 1.74. The van der Waals surface area contributed by atoms with Gasteiger partial charge in [-0.15, -0.1) is 0 Å². The molecule has 0 bridgehead atoms. The first-order valence-electron chi connectivity index (χ1n) is 3.82. The average molecular weight is 218 g/mol. The molecule has 3 N–H and O–H groups in total. The Morgan fingerprint density at radius 3 is 2.67 bits per heavy atom. The fourth-order valence-electron chi connectivity index (χ4n) is 1.11. The number of nitrogen functional groups attached to an aromatic ring is 1. The fraction of sp³-hybridized carbons (Fsp3) is 0.250. The van der Waals surface area contributed by atoms with Crippen molar-refractivity contribution in [2.75, 3.05) is 12.8 Å². The minimum Gasteiger partial charge on any atom is -0.492 e. The highest BCUT2D eigenvalue weighted by Gasteiger charge is 2.25. The number of hydrogen-bond acceptors (Lipinski definition) is 4. The lowest BCUT2D eigenvalue weighted by Crippen LogP contribution is -2.09. The zero-order valence-corrected chi connectivity index (χ0v) is 7.70. The number of carboxylic acids is 1. The van der Waals surface area contributed by atoms with Gasteiger partial charge >= 0.3 is 5.97 Å². The van der Waals surface area contributed by atoms with Crippen molar-refractivity contribution in [3.63, 3.8) is 0 Å². The smallest absolute Gasteiger partial charge is 0.340 e. The van der Waals surface area contributed by atoms with E-state index in [-0.39, 0.29) is 11.6 Å². The van der Waals surface area contributed by atoms with Crippen molar-refractivity contribution >= 4 is 11.8 Å². The van der Waals surface area contributed by atoms with Crippen LogP contribution in [0.2, 0.25) is 0 Å². The molecule has 5 nitrogen and oxygen atoms in total. The third kappa shape index (κ3) is 1.95. The lowest BCUT2D eigenvalue weighted by atomic mass is 10.1. The SMILES string of the molecule is COc1c(N)ncc(C(F)F)c1C(=O)O. The molecule has 0 aliphatic heterocycles. The number of halogens is 2. The van der Waals surface area contributed by atoms with Crippen LogP contribution in [0.4, 0.5) is 14.6 Å². The number of aromatic nitrogens is 1. The van der Waals surface area contributed by atoms with Gasteiger partial charge in [-0.05, 0) is 0 Å². The first-order chi connectivity index (χ1) is 6.99. The van der Waals surface area contributed by atoms with E-state index in [1.807, 2.05) is 0 Å². The lowest BCUT2D eigenvalue weighted by Gasteiger charge is -2.11. The molecule has 82 valence electrons. The summed E-state index contributed by atoms with van der Waals surface area (Å²) in [5, 5.41) is 8.75. The third-order valence-corrected chi connectivity index (χ3v) is 1.74. The number of nitrogens with two attached hydrogens (primary N) is 1. The van der Waals surface area contributed by atoms with Crippen LogP contribution in [0.1, 0.15) is 22.3 Å². The number of nitrogens with zero attached hydrogens (tertiary/aromatic N) is 1. The van der Waals surface area contributed by atoms with Crippen LogP contribution < -0.4 is 10.5 Å². The Morgan fingerprint density at radius 1 is 1.67 bits per heavy atom. The standard InChI is InChI=1S/C8H8F2N2O3/c1-15-5-4(8(13)14)3(6(9)10)2-12-7(5)11/h2,6H,1H3,(H2,11,12)(H,13,14). The Morgan fingerprint density at radius 2 is 2.27 bits per heavy atom. The monoisotopic (exact) mass is 218 g/mol. The topological polar surface area (TPSA) is 85.4 Å². The predicted octanol–water partition coefficient (Wildman–Crippen LogP) is 1.31. The maximum Gasteiger partial charge on any atom is 0.340 e. The molecule has 1 heterocycles. The summed E-state index contributed by atoms with van der Waals surface area (Å²) in [4.78, 5) is 14.2. The Hall–Kier alpha value is -1.92. The van der Waals surface area contributed by atoms with Gasteiger partial charge in [-0.1, -0.05) is 0 Å². The molecule has 15 heavy (non-hydrogen) atoms. The van der Waals surface area contributed by atoms with Crippen molar-refractivity contribution in [1.29, 1.82) is 0 Å². The minimum absolute atomic E-state index is 0.237. The van der Waals surface area contributed by atoms with Gasteiger partial charge in [0.05, 0.1) is 12.7 Å². The van der Waals surface area contributed by atoms with Crippen LogP contribution in [-0.4, -0.2) is 23.2 Å². The Kier molecular flexibility index (Phi) is 3.03. The number of carbonyl (C=O) groups is 1. The first kappa shape index (κ1) is 11.2. The highest BCUT2D eigenvalue weighted by Crippen LogP contribution is 2.32. The number of pyridine rings is 1. The molecule has 0 aliphatic rings. The lowest BCUT2D eigenvalue weighted by molar-refractivity contribution is 0.0680. The van der Waals surface area contributed by atoms with Gasteiger partial charge in [-0.25, -0.2) is 18.6 Å². The number of methoxy groups -OCH3 is 1. The highest BCUT2D eigenvalue weighted by molar-refractivity contribution is 5.94.